The number of rotatable bonds is 4. The van der Waals surface area contributed by atoms with Crippen LogP contribution >= 0.6 is 0 Å². The topological polar surface area (TPSA) is 104 Å². The fourth-order valence-corrected chi connectivity index (χ4v) is 1.77. The zero-order chi connectivity index (χ0) is 15.2. The van der Waals surface area contributed by atoms with Gasteiger partial charge in [-0.15, -0.1) is 0 Å². The Morgan fingerprint density at radius 2 is 1.90 bits per heavy atom. The summed E-state index contributed by atoms with van der Waals surface area (Å²) in [5.41, 5.74) is 0.832. The molecule has 0 aliphatic rings. The third-order valence-corrected chi connectivity index (χ3v) is 2.81. The second-order valence-electron chi connectivity index (χ2n) is 4.31. The standard InChI is InChI=1S/C14H14N4O3/c1-9(10-4-7-15-8-5-10)17-14(21)18-11-3-2-6-16-12(11)13(19)20/h2-9H,1H3,(H,19,20)(H2,17,18,21). The summed E-state index contributed by atoms with van der Waals surface area (Å²) in [5, 5.41) is 14.2. The summed E-state index contributed by atoms with van der Waals surface area (Å²) in [6.07, 6.45) is 4.62. The number of carboxylic acid groups (broad SMARTS) is 1. The van der Waals surface area contributed by atoms with Crippen LogP contribution in [0.25, 0.3) is 0 Å². The highest BCUT2D eigenvalue weighted by Crippen LogP contribution is 2.14. The molecule has 1 unspecified atom stereocenters. The molecule has 2 rings (SSSR count). The van der Waals surface area contributed by atoms with Crippen LogP contribution in [-0.4, -0.2) is 27.1 Å². The number of nitrogens with zero attached hydrogens (tertiary/aromatic N) is 2. The molecule has 0 bridgehead atoms. The Morgan fingerprint density at radius 1 is 1.19 bits per heavy atom. The Hall–Kier alpha value is -2.96. The van der Waals surface area contributed by atoms with Crippen molar-refractivity contribution in [1.82, 2.24) is 15.3 Å². The molecule has 2 amide bonds. The number of hydrogen-bond acceptors (Lipinski definition) is 4. The van der Waals surface area contributed by atoms with Crippen molar-refractivity contribution < 1.29 is 14.7 Å². The van der Waals surface area contributed by atoms with E-state index < -0.39 is 12.0 Å². The van der Waals surface area contributed by atoms with E-state index in [1.807, 2.05) is 6.92 Å². The molecule has 0 radical (unpaired) electrons. The van der Waals surface area contributed by atoms with Gasteiger partial charge in [0.05, 0.1) is 11.7 Å². The first kappa shape index (κ1) is 14.4. The van der Waals surface area contributed by atoms with Crippen LogP contribution in [-0.2, 0) is 0 Å². The molecule has 0 saturated heterocycles. The lowest BCUT2D eigenvalue weighted by atomic mass is 10.1. The Kier molecular flexibility index (Phi) is 4.45. The minimum Gasteiger partial charge on any atom is -0.476 e. The Bertz CT molecular complexity index is 646. The van der Waals surface area contributed by atoms with Gasteiger partial charge in [0.15, 0.2) is 5.69 Å². The molecular weight excluding hydrogens is 272 g/mol. The smallest absolute Gasteiger partial charge is 0.356 e. The summed E-state index contributed by atoms with van der Waals surface area (Å²) in [5.74, 6) is -1.20. The number of aromatic carboxylic acids is 1. The van der Waals surface area contributed by atoms with Crippen molar-refractivity contribution in [2.24, 2.45) is 0 Å². The van der Waals surface area contributed by atoms with Gasteiger partial charge in [-0.3, -0.25) is 4.98 Å². The predicted molar refractivity (Wildman–Crippen MR) is 76.0 cm³/mol. The van der Waals surface area contributed by atoms with Crippen molar-refractivity contribution >= 4 is 17.7 Å². The Balaban J connectivity index is 2.04. The molecule has 0 aliphatic heterocycles. The van der Waals surface area contributed by atoms with Gasteiger partial charge in [-0.25, -0.2) is 14.6 Å². The van der Waals surface area contributed by atoms with Crippen LogP contribution in [0.5, 0.6) is 0 Å². The van der Waals surface area contributed by atoms with E-state index in [0.29, 0.717) is 0 Å². The van der Waals surface area contributed by atoms with Gasteiger partial charge in [-0.1, -0.05) is 0 Å². The number of carboxylic acids is 1. The average molecular weight is 286 g/mol. The summed E-state index contributed by atoms with van der Waals surface area (Å²) in [4.78, 5) is 30.5. The predicted octanol–water partition coefficient (Wildman–Crippen LogP) is 2.06. The van der Waals surface area contributed by atoms with E-state index in [9.17, 15) is 9.59 Å². The minimum absolute atomic E-state index is 0.143. The van der Waals surface area contributed by atoms with Gasteiger partial charge in [-0.2, -0.15) is 0 Å². The lowest BCUT2D eigenvalue weighted by Crippen LogP contribution is -2.31. The zero-order valence-corrected chi connectivity index (χ0v) is 11.3. The summed E-state index contributed by atoms with van der Waals surface area (Å²) < 4.78 is 0. The molecule has 0 aromatic carbocycles. The molecule has 2 heterocycles. The quantitative estimate of drug-likeness (QED) is 0.798. The summed E-state index contributed by atoms with van der Waals surface area (Å²) in [6, 6.07) is 5.87. The van der Waals surface area contributed by atoms with Crippen LogP contribution in [0.2, 0.25) is 0 Å². The van der Waals surface area contributed by atoms with Crippen molar-refractivity contribution in [2.45, 2.75) is 13.0 Å². The molecule has 2 aromatic heterocycles. The van der Waals surface area contributed by atoms with Gasteiger partial charge >= 0.3 is 12.0 Å². The van der Waals surface area contributed by atoms with Gasteiger partial charge in [-0.05, 0) is 36.8 Å². The van der Waals surface area contributed by atoms with Gasteiger partial charge < -0.3 is 15.7 Å². The molecule has 0 aliphatic carbocycles. The third-order valence-electron chi connectivity index (χ3n) is 2.81. The van der Waals surface area contributed by atoms with Crippen molar-refractivity contribution in [1.29, 1.82) is 0 Å². The van der Waals surface area contributed by atoms with Gasteiger partial charge in [0.1, 0.15) is 0 Å². The molecule has 0 fully saturated rings. The van der Waals surface area contributed by atoms with E-state index in [4.69, 9.17) is 5.11 Å². The number of carbonyl (C=O) groups is 2. The molecule has 7 nitrogen and oxygen atoms in total. The molecule has 2 aromatic rings. The maximum Gasteiger partial charge on any atom is 0.356 e. The van der Waals surface area contributed by atoms with Crippen LogP contribution in [0.4, 0.5) is 10.5 Å². The first-order valence-electron chi connectivity index (χ1n) is 6.23. The van der Waals surface area contributed by atoms with Crippen LogP contribution < -0.4 is 10.6 Å². The van der Waals surface area contributed by atoms with E-state index in [0.717, 1.165) is 5.56 Å². The van der Waals surface area contributed by atoms with Crippen molar-refractivity contribution in [3.05, 3.63) is 54.1 Å². The van der Waals surface area contributed by atoms with E-state index in [1.54, 1.807) is 30.6 Å². The lowest BCUT2D eigenvalue weighted by Gasteiger charge is -2.15. The molecule has 0 spiro atoms. The van der Waals surface area contributed by atoms with E-state index in [2.05, 4.69) is 20.6 Å². The molecule has 1 atom stereocenters. The number of nitrogens with one attached hydrogen (secondary N) is 2. The largest absolute Gasteiger partial charge is 0.476 e. The summed E-state index contributed by atoms with van der Waals surface area (Å²) >= 11 is 0. The number of aromatic nitrogens is 2. The monoisotopic (exact) mass is 286 g/mol. The van der Waals surface area contributed by atoms with Gasteiger partial charge in [0.25, 0.3) is 0 Å². The van der Waals surface area contributed by atoms with Crippen LogP contribution in [0, 0.1) is 0 Å². The number of carbonyl (C=O) groups excluding carboxylic acids is 1. The van der Waals surface area contributed by atoms with Crippen LogP contribution in [0.1, 0.15) is 29.0 Å². The maximum atomic E-state index is 11.9. The van der Waals surface area contributed by atoms with E-state index in [-0.39, 0.29) is 17.4 Å². The molecule has 7 heteroatoms. The first-order valence-corrected chi connectivity index (χ1v) is 6.23. The normalized spacial score (nSPS) is 11.5. The highest BCUT2D eigenvalue weighted by Gasteiger charge is 2.14. The third kappa shape index (κ3) is 3.75. The van der Waals surface area contributed by atoms with Gasteiger partial charge in [0, 0.05) is 18.6 Å². The van der Waals surface area contributed by atoms with Crippen molar-refractivity contribution in [3.63, 3.8) is 0 Å². The highest BCUT2D eigenvalue weighted by molar-refractivity contribution is 5.98. The van der Waals surface area contributed by atoms with E-state index >= 15 is 0 Å². The fourth-order valence-electron chi connectivity index (χ4n) is 1.77. The average Bonchev–Trinajstić information content (AvgIpc) is 2.48. The molecule has 108 valence electrons. The summed E-state index contributed by atoms with van der Waals surface area (Å²) in [6.45, 7) is 1.82. The number of urea groups is 1. The molecule has 0 saturated carbocycles. The van der Waals surface area contributed by atoms with Crippen molar-refractivity contribution in [3.8, 4) is 0 Å². The SMILES string of the molecule is CC(NC(=O)Nc1cccnc1C(=O)O)c1ccncc1. The highest BCUT2D eigenvalue weighted by atomic mass is 16.4. The number of amides is 2. The molecule has 3 N–H and O–H groups in total. The van der Waals surface area contributed by atoms with Crippen molar-refractivity contribution in [2.75, 3.05) is 5.32 Å². The summed E-state index contributed by atoms with van der Waals surface area (Å²) in [7, 11) is 0. The maximum absolute atomic E-state index is 11.9. The second kappa shape index (κ2) is 6.47. The number of pyridine rings is 2. The Morgan fingerprint density at radius 3 is 2.57 bits per heavy atom. The number of hydrogen-bond donors (Lipinski definition) is 3. The van der Waals surface area contributed by atoms with Crippen LogP contribution in [0.3, 0.4) is 0 Å². The first-order chi connectivity index (χ1) is 10.1. The second-order valence-corrected chi connectivity index (χ2v) is 4.31. The van der Waals surface area contributed by atoms with Gasteiger partial charge in [0.2, 0.25) is 0 Å². The lowest BCUT2D eigenvalue weighted by molar-refractivity contribution is 0.0692. The van der Waals surface area contributed by atoms with E-state index in [1.165, 1.54) is 12.3 Å². The zero-order valence-electron chi connectivity index (χ0n) is 11.3. The Labute approximate surface area is 121 Å². The molecular formula is C14H14N4O3. The minimum atomic E-state index is -1.20. The molecule has 21 heavy (non-hydrogen) atoms. The number of anilines is 1. The fraction of sp³-hybridized carbons (Fsp3) is 0.143. The van der Waals surface area contributed by atoms with Crippen LogP contribution in [0.15, 0.2) is 42.9 Å².